The van der Waals surface area contributed by atoms with Crippen molar-refractivity contribution < 1.29 is 9.53 Å². The molecule has 0 aliphatic heterocycles. The standard InChI is InChI=1S/C15H14BrNO2/c1-4-14(19-3)13(10-11(2)16)15(18)17-12-8-6-5-7-9-12/h1,5-10H,2-3H3,(H,17,18)/b11-10+,14-13-. The predicted octanol–water partition coefficient (Wildman–Crippen LogP) is 3.46. The van der Waals surface area contributed by atoms with E-state index in [-0.39, 0.29) is 11.7 Å². The summed E-state index contributed by atoms with van der Waals surface area (Å²) in [6, 6.07) is 9.13. The van der Waals surface area contributed by atoms with Crippen molar-refractivity contribution in [2.75, 3.05) is 12.4 Å². The number of hydrogen-bond acceptors (Lipinski definition) is 2. The SMILES string of the molecule is C#C/C(OC)=C(\C=C(/C)Br)C(=O)Nc1ccccc1. The normalized spacial score (nSPS) is 12.2. The molecule has 0 saturated carbocycles. The zero-order chi connectivity index (χ0) is 14.3. The van der Waals surface area contributed by atoms with E-state index in [1.165, 1.54) is 7.11 Å². The van der Waals surface area contributed by atoms with Crippen molar-refractivity contribution in [1.29, 1.82) is 0 Å². The lowest BCUT2D eigenvalue weighted by molar-refractivity contribution is -0.112. The summed E-state index contributed by atoms with van der Waals surface area (Å²) in [7, 11) is 1.43. The third-order valence-electron chi connectivity index (χ3n) is 2.20. The van der Waals surface area contributed by atoms with Gasteiger partial charge in [-0.3, -0.25) is 4.79 Å². The topological polar surface area (TPSA) is 38.3 Å². The number of nitrogens with one attached hydrogen (secondary N) is 1. The minimum atomic E-state index is -0.320. The van der Waals surface area contributed by atoms with Gasteiger partial charge in [0.15, 0.2) is 5.76 Å². The Balaban J connectivity index is 3.07. The molecule has 0 bridgehead atoms. The number of carbonyl (C=O) groups is 1. The second kappa shape index (κ2) is 7.45. The Morgan fingerprint density at radius 1 is 1.42 bits per heavy atom. The van der Waals surface area contributed by atoms with Gasteiger partial charge in [0.2, 0.25) is 0 Å². The first-order valence-electron chi connectivity index (χ1n) is 5.53. The Bertz CT molecular complexity index is 549. The van der Waals surface area contributed by atoms with Crippen molar-refractivity contribution in [3.63, 3.8) is 0 Å². The van der Waals surface area contributed by atoms with Gasteiger partial charge in [-0.05, 0) is 35.5 Å². The number of halogens is 1. The van der Waals surface area contributed by atoms with Gasteiger partial charge >= 0.3 is 0 Å². The molecule has 0 heterocycles. The highest BCUT2D eigenvalue weighted by molar-refractivity contribution is 9.11. The summed E-state index contributed by atoms with van der Waals surface area (Å²) >= 11 is 3.28. The highest BCUT2D eigenvalue weighted by Crippen LogP contribution is 2.16. The van der Waals surface area contributed by atoms with Crippen LogP contribution in [0.2, 0.25) is 0 Å². The van der Waals surface area contributed by atoms with Crippen LogP contribution < -0.4 is 5.32 Å². The van der Waals surface area contributed by atoms with Gasteiger partial charge in [0.25, 0.3) is 5.91 Å². The number of terminal acetylenes is 1. The van der Waals surface area contributed by atoms with Crippen LogP contribution in [0.1, 0.15) is 6.92 Å². The Hall–Kier alpha value is -1.99. The molecule has 19 heavy (non-hydrogen) atoms. The third kappa shape index (κ3) is 4.65. The van der Waals surface area contributed by atoms with Gasteiger partial charge in [0.05, 0.1) is 12.7 Å². The number of benzene rings is 1. The number of ether oxygens (including phenoxy) is 1. The summed E-state index contributed by atoms with van der Waals surface area (Å²) in [5.74, 6) is 2.22. The average Bonchev–Trinajstić information content (AvgIpc) is 2.39. The molecule has 1 aromatic carbocycles. The van der Waals surface area contributed by atoms with Gasteiger partial charge in [-0.25, -0.2) is 0 Å². The monoisotopic (exact) mass is 319 g/mol. The van der Waals surface area contributed by atoms with E-state index in [1.807, 2.05) is 18.2 Å². The summed E-state index contributed by atoms with van der Waals surface area (Å²) in [6.45, 7) is 1.81. The van der Waals surface area contributed by atoms with Crippen LogP contribution in [0.3, 0.4) is 0 Å². The predicted molar refractivity (Wildman–Crippen MR) is 80.6 cm³/mol. The minimum Gasteiger partial charge on any atom is -0.488 e. The molecule has 3 nitrogen and oxygen atoms in total. The van der Waals surface area contributed by atoms with Gasteiger partial charge in [-0.1, -0.05) is 34.1 Å². The van der Waals surface area contributed by atoms with Crippen molar-refractivity contribution in [3.05, 3.63) is 52.2 Å². The van der Waals surface area contributed by atoms with Crippen LogP contribution in [0.15, 0.2) is 52.2 Å². The van der Waals surface area contributed by atoms with Gasteiger partial charge in [0.1, 0.15) is 0 Å². The van der Waals surface area contributed by atoms with Crippen LogP contribution in [0.4, 0.5) is 5.69 Å². The van der Waals surface area contributed by atoms with Crippen LogP contribution >= 0.6 is 15.9 Å². The minimum absolute atomic E-state index is 0.187. The largest absolute Gasteiger partial charge is 0.488 e. The molecule has 4 heteroatoms. The van der Waals surface area contributed by atoms with E-state index in [1.54, 1.807) is 25.1 Å². The van der Waals surface area contributed by atoms with Crippen molar-refractivity contribution >= 4 is 27.5 Å². The van der Waals surface area contributed by atoms with Crippen LogP contribution in [0, 0.1) is 12.3 Å². The molecule has 1 rings (SSSR count). The van der Waals surface area contributed by atoms with E-state index < -0.39 is 0 Å². The van der Waals surface area contributed by atoms with Crippen LogP contribution in [-0.4, -0.2) is 13.0 Å². The number of para-hydroxylation sites is 1. The Labute approximate surface area is 121 Å². The van der Waals surface area contributed by atoms with E-state index in [4.69, 9.17) is 11.2 Å². The number of anilines is 1. The van der Waals surface area contributed by atoms with Crippen molar-refractivity contribution in [2.24, 2.45) is 0 Å². The van der Waals surface area contributed by atoms with Gasteiger partial charge in [-0.15, -0.1) is 6.42 Å². The van der Waals surface area contributed by atoms with E-state index in [9.17, 15) is 4.79 Å². The molecule has 0 unspecified atom stereocenters. The number of hydrogen-bond donors (Lipinski definition) is 1. The molecule has 0 spiro atoms. The first-order valence-corrected chi connectivity index (χ1v) is 6.33. The molecular weight excluding hydrogens is 306 g/mol. The fourth-order valence-electron chi connectivity index (χ4n) is 1.40. The average molecular weight is 320 g/mol. The Morgan fingerprint density at radius 3 is 2.53 bits per heavy atom. The fraction of sp³-hybridized carbons (Fsp3) is 0.133. The fourth-order valence-corrected chi connectivity index (χ4v) is 1.63. The van der Waals surface area contributed by atoms with Crippen LogP contribution in [0.25, 0.3) is 0 Å². The second-order valence-corrected chi connectivity index (χ2v) is 4.89. The van der Waals surface area contributed by atoms with Crippen molar-refractivity contribution in [1.82, 2.24) is 0 Å². The number of methoxy groups -OCH3 is 1. The quantitative estimate of drug-likeness (QED) is 0.399. The van der Waals surface area contributed by atoms with Gasteiger partial charge in [0, 0.05) is 5.69 Å². The lowest BCUT2D eigenvalue weighted by atomic mass is 10.2. The van der Waals surface area contributed by atoms with E-state index in [0.29, 0.717) is 11.3 Å². The summed E-state index contributed by atoms with van der Waals surface area (Å²) < 4.78 is 5.81. The molecule has 0 aliphatic rings. The molecule has 1 N–H and O–H groups in total. The number of rotatable bonds is 4. The molecule has 0 aromatic heterocycles. The molecule has 1 amide bonds. The van der Waals surface area contributed by atoms with Crippen molar-refractivity contribution in [3.8, 4) is 12.3 Å². The molecule has 0 saturated heterocycles. The summed E-state index contributed by atoms with van der Waals surface area (Å²) in [5, 5.41) is 2.76. The van der Waals surface area contributed by atoms with E-state index in [2.05, 4.69) is 27.2 Å². The zero-order valence-electron chi connectivity index (χ0n) is 10.7. The number of allylic oxidation sites excluding steroid dienone is 2. The van der Waals surface area contributed by atoms with Crippen LogP contribution in [-0.2, 0) is 9.53 Å². The Kier molecular flexibility index (Phi) is 5.91. The summed E-state index contributed by atoms with van der Waals surface area (Å²) in [5.41, 5.74) is 0.987. The summed E-state index contributed by atoms with van der Waals surface area (Å²) in [4.78, 5) is 12.2. The lowest BCUT2D eigenvalue weighted by Gasteiger charge is -2.08. The zero-order valence-corrected chi connectivity index (χ0v) is 12.3. The highest BCUT2D eigenvalue weighted by atomic mass is 79.9. The number of amides is 1. The number of carbonyl (C=O) groups excluding carboxylic acids is 1. The maximum atomic E-state index is 12.2. The third-order valence-corrected chi connectivity index (χ3v) is 2.43. The van der Waals surface area contributed by atoms with Gasteiger partial charge < -0.3 is 10.1 Å². The highest BCUT2D eigenvalue weighted by Gasteiger charge is 2.13. The molecule has 0 fully saturated rings. The molecular formula is C15H14BrNO2. The molecule has 1 aromatic rings. The maximum Gasteiger partial charge on any atom is 0.260 e. The first-order chi connectivity index (χ1) is 9.08. The summed E-state index contributed by atoms with van der Waals surface area (Å²) in [6.07, 6.45) is 6.96. The first kappa shape index (κ1) is 15.1. The van der Waals surface area contributed by atoms with Gasteiger partial charge in [-0.2, -0.15) is 0 Å². The van der Waals surface area contributed by atoms with Crippen LogP contribution in [0.5, 0.6) is 0 Å². The second-order valence-electron chi connectivity index (χ2n) is 3.64. The molecule has 0 atom stereocenters. The van der Waals surface area contributed by atoms with E-state index >= 15 is 0 Å². The molecule has 0 aliphatic carbocycles. The van der Waals surface area contributed by atoms with E-state index in [0.717, 1.165) is 4.48 Å². The Morgan fingerprint density at radius 2 is 2.05 bits per heavy atom. The maximum absolute atomic E-state index is 12.2. The molecule has 98 valence electrons. The van der Waals surface area contributed by atoms with Crippen molar-refractivity contribution in [2.45, 2.75) is 6.92 Å². The molecule has 0 radical (unpaired) electrons. The lowest BCUT2D eigenvalue weighted by Crippen LogP contribution is -2.15. The smallest absolute Gasteiger partial charge is 0.260 e.